The van der Waals surface area contributed by atoms with E-state index in [2.05, 4.69) is 15.2 Å². The molecule has 174 valence electrons. The van der Waals surface area contributed by atoms with Gasteiger partial charge in [0.2, 0.25) is 5.88 Å². The predicted octanol–water partition coefficient (Wildman–Crippen LogP) is 4.92. The molecule has 2 atom stereocenters. The van der Waals surface area contributed by atoms with Crippen LogP contribution in [0.1, 0.15) is 54.9 Å². The van der Waals surface area contributed by atoms with Gasteiger partial charge in [0, 0.05) is 30.9 Å². The largest absolute Gasteiger partial charge is 0.489 e. The molecule has 1 N–H and O–H groups in total. The zero-order valence-electron chi connectivity index (χ0n) is 19.6. The van der Waals surface area contributed by atoms with Crippen LogP contribution in [0.15, 0.2) is 59.3 Å². The molecule has 0 unspecified atom stereocenters. The van der Waals surface area contributed by atoms with Crippen molar-refractivity contribution in [2.45, 2.75) is 52.4 Å². The van der Waals surface area contributed by atoms with Crippen LogP contribution in [0, 0.1) is 6.92 Å². The van der Waals surface area contributed by atoms with Gasteiger partial charge in [-0.2, -0.15) is 0 Å². The third-order valence-electron chi connectivity index (χ3n) is 5.72. The van der Waals surface area contributed by atoms with Gasteiger partial charge in [-0.1, -0.05) is 12.1 Å². The van der Waals surface area contributed by atoms with E-state index < -0.39 is 0 Å². The number of nitrogens with one attached hydrogen (secondary N) is 1. The van der Waals surface area contributed by atoms with Crippen molar-refractivity contribution in [3.63, 3.8) is 0 Å². The first-order valence-corrected chi connectivity index (χ1v) is 11.4. The molecule has 1 aliphatic heterocycles. The van der Waals surface area contributed by atoms with Gasteiger partial charge in [-0.05, 0) is 57.5 Å². The molecule has 1 aliphatic rings. The van der Waals surface area contributed by atoms with Gasteiger partial charge in [0.25, 0.3) is 5.91 Å². The van der Waals surface area contributed by atoms with Crippen molar-refractivity contribution < 1.29 is 18.7 Å². The van der Waals surface area contributed by atoms with Gasteiger partial charge >= 0.3 is 0 Å². The first-order chi connectivity index (χ1) is 15.9. The molecular formula is C26H31N3O4. The highest BCUT2D eigenvalue weighted by Gasteiger charge is 2.25. The van der Waals surface area contributed by atoms with Crippen LogP contribution in [0.2, 0.25) is 0 Å². The molecule has 0 bridgehead atoms. The molecule has 1 aromatic carbocycles. The van der Waals surface area contributed by atoms with Gasteiger partial charge in [-0.25, -0.2) is 4.98 Å². The third-order valence-corrected chi connectivity index (χ3v) is 5.72. The number of hydrogen-bond donors (Lipinski definition) is 1. The number of aryl methyl sites for hydroxylation is 1. The zero-order chi connectivity index (χ0) is 23.4. The minimum atomic E-state index is -0.141. The predicted molar refractivity (Wildman–Crippen MR) is 127 cm³/mol. The Kier molecular flexibility index (Phi) is 6.87. The summed E-state index contributed by atoms with van der Waals surface area (Å²) in [4.78, 5) is 19.0. The van der Waals surface area contributed by atoms with Gasteiger partial charge < -0.3 is 24.1 Å². The molecule has 3 heterocycles. The molecule has 0 spiro atoms. The molecule has 4 rings (SSSR count). The zero-order valence-corrected chi connectivity index (χ0v) is 19.6. The highest BCUT2D eigenvalue weighted by molar-refractivity contribution is 5.95. The number of aromatic nitrogens is 1. The molecule has 0 saturated carbocycles. The Bertz CT molecular complexity index is 1080. The highest BCUT2D eigenvalue weighted by Crippen LogP contribution is 2.26. The number of anilines is 1. The summed E-state index contributed by atoms with van der Waals surface area (Å²) in [7, 11) is 0. The Morgan fingerprint density at radius 1 is 1.18 bits per heavy atom. The second-order valence-electron chi connectivity index (χ2n) is 8.65. The quantitative estimate of drug-likeness (QED) is 0.526. The summed E-state index contributed by atoms with van der Waals surface area (Å²) >= 11 is 0. The summed E-state index contributed by atoms with van der Waals surface area (Å²) in [5.74, 6) is 1.95. The first kappa shape index (κ1) is 22.7. The van der Waals surface area contributed by atoms with Crippen molar-refractivity contribution in [2.24, 2.45) is 0 Å². The standard InChI is InChI=1S/C26H31N3O4/c1-17(2)32-25-15-21(9-12-27-25)29-13-10-23(16-29)33-22-7-5-20(6-8-22)18(3)28-26(30)24-11-14-31-19(24)4/h5-9,11-12,14-15,17-18,23H,10,13,16H2,1-4H3,(H,28,30)/t18-,23+/m0/s1. The van der Waals surface area contributed by atoms with E-state index in [0.717, 1.165) is 36.5 Å². The van der Waals surface area contributed by atoms with E-state index in [9.17, 15) is 4.79 Å². The van der Waals surface area contributed by atoms with Crippen LogP contribution < -0.4 is 19.7 Å². The lowest BCUT2D eigenvalue weighted by molar-refractivity contribution is 0.0938. The Morgan fingerprint density at radius 2 is 1.97 bits per heavy atom. The Balaban J connectivity index is 1.31. The average molecular weight is 450 g/mol. The van der Waals surface area contributed by atoms with Gasteiger partial charge in [0.1, 0.15) is 17.6 Å². The fraction of sp³-hybridized carbons (Fsp3) is 0.385. The number of pyridine rings is 1. The number of rotatable bonds is 8. The van der Waals surface area contributed by atoms with E-state index >= 15 is 0 Å². The van der Waals surface area contributed by atoms with Crippen LogP contribution in [0.5, 0.6) is 11.6 Å². The van der Waals surface area contributed by atoms with Crippen LogP contribution in [0.3, 0.4) is 0 Å². The number of carbonyl (C=O) groups excluding carboxylic acids is 1. The number of nitrogens with zero attached hydrogens (tertiary/aromatic N) is 2. The van der Waals surface area contributed by atoms with Gasteiger partial charge in [-0.15, -0.1) is 0 Å². The fourth-order valence-electron chi connectivity index (χ4n) is 3.97. The molecule has 33 heavy (non-hydrogen) atoms. The van der Waals surface area contributed by atoms with E-state index in [1.165, 1.54) is 6.26 Å². The summed E-state index contributed by atoms with van der Waals surface area (Å²) in [6, 6.07) is 13.5. The smallest absolute Gasteiger partial charge is 0.255 e. The summed E-state index contributed by atoms with van der Waals surface area (Å²) in [5.41, 5.74) is 2.67. The molecular weight excluding hydrogens is 418 g/mol. The molecule has 7 nitrogen and oxygen atoms in total. The van der Waals surface area contributed by atoms with Crippen molar-refractivity contribution >= 4 is 11.6 Å². The third kappa shape index (κ3) is 5.66. The maximum absolute atomic E-state index is 12.4. The first-order valence-electron chi connectivity index (χ1n) is 11.4. The maximum atomic E-state index is 12.4. The lowest BCUT2D eigenvalue weighted by Crippen LogP contribution is -2.26. The number of furan rings is 1. The van der Waals surface area contributed by atoms with Crippen molar-refractivity contribution in [2.75, 3.05) is 18.0 Å². The monoisotopic (exact) mass is 449 g/mol. The van der Waals surface area contributed by atoms with Crippen LogP contribution >= 0.6 is 0 Å². The number of hydrogen-bond acceptors (Lipinski definition) is 6. The Morgan fingerprint density at radius 3 is 2.67 bits per heavy atom. The van der Waals surface area contributed by atoms with Gasteiger partial charge in [-0.3, -0.25) is 4.79 Å². The molecule has 1 amide bonds. The van der Waals surface area contributed by atoms with Crippen LogP contribution in [0.25, 0.3) is 0 Å². The van der Waals surface area contributed by atoms with E-state index in [1.54, 1.807) is 19.2 Å². The van der Waals surface area contributed by atoms with Gasteiger partial charge in [0.15, 0.2) is 0 Å². The van der Waals surface area contributed by atoms with Crippen molar-refractivity contribution in [3.8, 4) is 11.6 Å². The summed E-state index contributed by atoms with van der Waals surface area (Å²) in [5, 5.41) is 3.01. The summed E-state index contributed by atoms with van der Waals surface area (Å²) in [6.07, 6.45) is 4.46. The van der Waals surface area contributed by atoms with Crippen LogP contribution in [0.4, 0.5) is 5.69 Å². The lowest BCUT2D eigenvalue weighted by atomic mass is 10.1. The minimum Gasteiger partial charge on any atom is -0.489 e. The second-order valence-corrected chi connectivity index (χ2v) is 8.65. The molecule has 0 aliphatic carbocycles. The fourth-order valence-corrected chi connectivity index (χ4v) is 3.97. The molecule has 7 heteroatoms. The maximum Gasteiger partial charge on any atom is 0.255 e. The molecule has 0 radical (unpaired) electrons. The topological polar surface area (TPSA) is 76.8 Å². The molecule has 1 fully saturated rings. The van der Waals surface area contributed by atoms with Crippen molar-refractivity contribution in [1.29, 1.82) is 0 Å². The highest BCUT2D eigenvalue weighted by atomic mass is 16.5. The number of ether oxygens (including phenoxy) is 2. The van der Waals surface area contributed by atoms with E-state index in [4.69, 9.17) is 13.9 Å². The van der Waals surface area contributed by atoms with Crippen LogP contribution in [-0.2, 0) is 0 Å². The average Bonchev–Trinajstić information content (AvgIpc) is 3.43. The summed E-state index contributed by atoms with van der Waals surface area (Å²) in [6.45, 7) is 9.46. The number of carbonyl (C=O) groups is 1. The Hall–Kier alpha value is -3.48. The number of amides is 1. The van der Waals surface area contributed by atoms with E-state index in [1.807, 2.05) is 57.2 Å². The lowest BCUT2D eigenvalue weighted by Gasteiger charge is -2.20. The minimum absolute atomic E-state index is 0.0937. The van der Waals surface area contributed by atoms with Crippen LogP contribution in [-0.4, -0.2) is 36.2 Å². The number of benzene rings is 1. The van der Waals surface area contributed by atoms with Gasteiger partial charge in [0.05, 0.1) is 30.5 Å². The van der Waals surface area contributed by atoms with Crippen molar-refractivity contribution in [1.82, 2.24) is 10.3 Å². The van der Waals surface area contributed by atoms with E-state index in [0.29, 0.717) is 17.2 Å². The molecule has 3 aromatic rings. The second kappa shape index (κ2) is 9.98. The van der Waals surface area contributed by atoms with E-state index in [-0.39, 0.29) is 24.2 Å². The normalized spacial score (nSPS) is 16.6. The van der Waals surface area contributed by atoms with Crippen molar-refractivity contribution in [3.05, 3.63) is 71.8 Å². The summed E-state index contributed by atoms with van der Waals surface area (Å²) < 4.78 is 17.2. The molecule has 2 aromatic heterocycles. The Labute approximate surface area is 194 Å². The molecule has 1 saturated heterocycles. The SMILES string of the molecule is Cc1occc1C(=O)N[C@@H](C)c1ccc(O[C@@H]2CCN(c3ccnc(OC(C)C)c3)C2)cc1.